The number of aromatic amines is 1. The van der Waals surface area contributed by atoms with Gasteiger partial charge in [-0.1, -0.05) is 18.2 Å². The summed E-state index contributed by atoms with van der Waals surface area (Å²) in [6, 6.07) is 7.79. The van der Waals surface area contributed by atoms with Crippen LogP contribution in [-0.2, 0) is 16.0 Å². The van der Waals surface area contributed by atoms with Crippen LogP contribution in [0.5, 0.6) is 0 Å². The van der Waals surface area contributed by atoms with Crippen LogP contribution in [0.25, 0.3) is 10.9 Å². The van der Waals surface area contributed by atoms with Crippen LogP contribution in [0.15, 0.2) is 30.5 Å². The molecule has 0 radical (unpaired) electrons. The Kier molecular flexibility index (Phi) is 5.52. The number of carbonyl (C=O) groups excluding carboxylic acids is 1. The first kappa shape index (κ1) is 17.2. The van der Waals surface area contributed by atoms with Crippen molar-refractivity contribution in [3.05, 3.63) is 36.0 Å². The van der Waals surface area contributed by atoms with Crippen LogP contribution in [0.4, 0.5) is 0 Å². The number of nitrogens with one attached hydrogen (secondary N) is 1. The van der Waals surface area contributed by atoms with E-state index in [1.807, 2.05) is 30.5 Å². The number of carboxylic acids is 1. The van der Waals surface area contributed by atoms with Gasteiger partial charge in [0.25, 0.3) is 0 Å². The third-order valence-electron chi connectivity index (χ3n) is 4.20. The van der Waals surface area contributed by atoms with Gasteiger partial charge in [0, 0.05) is 23.5 Å². The molecule has 0 saturated heterocycles. The summed E-state index contributed by atoms with van der Waals surface area (Å²) in [7, 11) is 0. The summed E-state index contributed by atoms with van der Waals surface area (Å²) >= 11 is 0. The Labute approximate surface area is 134 Å². The number of unbranched alkanes of at least 4 members (excludes halogenated alkanes) is 1. The second-order valence-electron chi connectivity index (χ2n) is 5.80. The van der Waals surface area contributed by atoms with Crippen molar-refractivity contribution in [3.8, 4) is 0 Å². The quantitative estimate of drug-likeness (QED) is 0.413. The van der Waals surface area contributed by atoms with Crippen molar-refractivity contribution in [2.75, 3.05) is 6.54 Å². The number of Topliss-reactive ketones (excluding diaryl/α,β-unsaturated/α-hetero) is 1. The largest absolute Gasteiger partial charge is 0.480 e. The lowest BCUT2D eigenvalue weighted by atomic mass is 9.86. The van der Waals surface area contributed by atoms with Crippen molar-refractivity contribution >= 4 is 22.7 Å². The molecule has 2 aromatic rings. The summed E-state index contributed by atoms with van der Waals surface area (Å²) in [6.07, 6.45) is 3.72. The van der Waals surface area contributed by atoms with Crippen molar-refractivity contribution in [2.24, 2.45) is 11.5 Å². The zero-order chi connectivity index (χ0) is 16.9. The standard InChI is InChI=1S/C17H23N3O3/c18-10-4-3-9-17(19,16(22)23)15(21)8-7-12-11-20-14-6-2-1-5-13(12)14/h1-2,5-6,11,20H,3-4,7-10,18-19H2,(H,22,23). The number of fused-ring (bicyclic) bond motifs is 1. The Hall–Kier alpha value is -2.18. The van der Waals surface area contributed by atoms with E-state index in [0.29, 0.717) is 25.8 Å². The smallest absolute Gasteiger partial charge is 0.331 e. The van der Waals surface area contributed by atoms with E-state index in [-0.39, 0.29) is 12.8 Å². The van der Waals surface area contributed by atoms with Crippen LogP contribution in [-0.4, -0.2) is 33.9 Å². The predicted molar refractivity (Wildman–Crippen MR) is 89.1 cm³/mol. The first-order valence-electron chi connectivity index (χ1n) is 7.79. The van der Waals surface area contributed by atoms with Crippen molar-refractivity contribution in [2.45, 2.75) is 37.6 Å². The minimum Gasteiger partial charge on any atom is -0.480 e. The molecule has 0 fully saturated rings. The van der Waals surface area contributed by atoms with E-state index in [2.05, 4.69) is 4.98 Å². The zero-order valence-electron chi connectivity index (χ0n) is 13.0. The molecule has 6 nitrogen and oxygen atoms in total. The summed E-state index contributed by atoms with van der Waals surface area (Å²) in [5, 5.41) is 10.4. The van der Waals surface area contributed by atoms with E-state index < -0.39 is 17.3 Å². The lowest BCUT2D eigenvalue weighted by Gasteiger charge is -2.23. The van der Waals surface area contributed by atoms with Gasteiger partial charge in [-0.15, -0.1) is 0 Å². The number of hydrogen-bond donors (Lipinski definition) is 4. The van der Waals surface area contributed by atoms with Crippen LogP contribution in [0, 0.1) is 0 Å². The Morgan fingerprint density at radius 1 is 1.22 bits per heavy atom. The number of nitrogens with two attached hydrogens (primary N) is 2. The molecule has 1 aromatic heterocycles. The molecule has 0 bridgehead atoms. The Bertz CT molecular complexity index is 695. The number of aliphatic carboxylic acids is 1. The number of ketones is 1. The van der Waals surface area contributed by atoms with Crippen molar-refractivity contribution in [1.82, 2.24) is 4.98 Å². The molecule has 6 N–H and O–H groups in total. The number of benzene rings is 1. The molecule has 1 heterocycles. The van der Waals surface area contributed by atoms with Gasteiger partial charge < -0.3 is 21.6 Å². The van der Waals surface area contributed by atoms with E-state index in [9.17, 15) is 14.7 Å². The van der Waals surface area contributed by atoms with Gasteiger partial charge in [-0.3, -0.25) is 4.79 Å². The number of carboxylic acid groups (broad SMARTS) is 1. The van der Waals surface area contributed by atoms with Gasteiger partial charge in [-0.05, 0) is 43.9 Å². The second kappa shape index (κ2) is 7.39. The Morgan fingerprint density at radius 2 is 1.96 bits per heavy atom. The number of H-pyrrole nitrogens is 1. The monoisotopic (exact) mass is 317 g/mol. The van der Waals surface area contributed by atoms with E-state index in [1.165, 1.54) is 0 Å². The minimum atomic E-state index is -1.82. The maximum absolute atomic E-state index is 12.4. The number of aryl methyl sites for hydroxylation is 1. The molecule has 1 atom stereocenters. The van der Waals surface area contributed by atoms with E-state index >= 15 is 0 Å². The van der Waals surface area contributed by atoms with Crippen molar-refractivity contribution in [1.29, 1.82) is 0 Å². The molecule has 1 unspecified atom stereocenters. The molecule has 23 heavy (non-hydrogen) atoms. The second-order valence-corrected chi connectivity index (χ2v) is 5.80. The van der Waals surface area contributed by atoms with Crippen molar-refractivity contribution in [3.63, 3.8) is 0 Å². The topological polar surface area (TPSA) is 122 Å². The lowest BCUT2D eigenvalue weighted by Crippen LogP contribution is -2.55. The fourth-order valence-corrected chi connectivity index (χ4v) is 2.72. The van der Waals surface area contributed by atoms with Gasteiger partial charge in [-0.25, -0.2) is 4.79 Å². The highest BCUT2D eigenvalue weighted by Crippen LogP contribution is 2.21. The average molecular weight is 317 g/mol. The Morgan fingerprint density at radius 3 is 2.65 bits per heavy atom. The first-order valence-corrected chi connectivity index (χ1v) is 7.79. The highest BCUT2D eigenvalue weighted by atomic mass is 16.4. The number of rotatable bonds is 9. The highest BCUT2D eigenvalue weighted by molar-refractivity contribution is 6.07. The molecule has 2 rings (SSSR count). The third kappa shape index (κ3) is 3.78. The number of carbonyl (C=O) groups is 2. The Balaban J connectivity index is 2.05. The fraction of sp³-hybridized carbons (Fsp3) is 0.412. The summed E-state index contributed by atoms with van der Waals surface area (Å²) in [5.41, 5.74) is 11.5. The lowest BCUT2D eigenvalue weighted by molar-refractivity contribution is -0.148. The number of aromatic nitrogens is 1. The maximum atomic E-state index is 12.4. The summed E-state index contributed by atoms with van der Waals surface area (Å²) < 4.78 is 0. The van der Waals surface area contributed by atoms with Crippen LogP contribution >= 0.6 is 0 Å². The number of hydrogen-bond acceptors (Lipinski definition) is 4. The molecule has 124 valence electrons. The van der Waals surface area contributed by atoms with Crippen molar-refractivity contribution < 1.29 is 14.7 Å². The van der Waals surface area contributed by atoms with E-state index in [4.69, 9.17) is 11.5 Å². The average Bonchev–Trinajstić information content (AvgIpc) is 2.95. The minimum absolute atomic E-state index is 0.104. The third-order valence-corrected chi connectivity index (χ3v) is 4.20. The van der Waals surface area contributed by atoms with E-state index in [1.54, 1.807) is 0 Å². The molecular formula is C17H23N3O3. The van der Waals surface area contributed by atoms with Gasteiger partial charge in [-0.2, -0.15) is 0 Å². The van der Waals surface area contributed by atoms with E-state index in [0.717, 1.165) is 16.5 Å². The van der Waals surface area contributed by atoms with Crippen LogP contribution in [0.3, 0.4) is 0 Å². The number of para-hydroxylation sites is 1. The van der Waals surface area contributed by atoms with Crippen LogP contribution in [0.1, 0.15) is 31.2 Å². The molecule has 1 aromatic carbocycles. The molecule has 0 saturated carbocycles. The van der Waals surface area contributed by atoms with Gasteiger partial charge in [0.15, 0.2) is 11.3 Å². The molecule has 0 spiro atoms. The maximum Gasteiger partial charge on any atom is 0.331 e. The molecule has 6 heteroatoms. The molecule has 0 amide bonds. The summed E-state index contributed by atoms with van der Waals surface area (Å²) in [6.45, 7) is 0.458. The SMILES string of the molecule is NCCCCC(N)(C(=O)O)C(=O)CCc1c[nH]c2ccccc12. The summed E-state index contributed by atoms with van der Waals surface area (Å²) in [5.74, 6) is -1.70. The normalized spacial score (nSPS) is 13.8. The molecule has 0 aliphatic carbocycles. The van der Waals surface area contributed by atoms with Gasteiger partial charge in [0.05, 0.1) is 0 Å². The fourth-order valence-electron chi connectivity index (χ4n) is 2.72. The highest BCUT2D eigenvalue weighted by Gasteiger charge is 2.40. The molecule has 0 aliphatic rings. The summed E-state index contributed by atoms with van der Waals surface area (Å²) in [4.78, 5) is 27.0. The van der Waals surface area contributed by atoms with Gasteiger partial charge in [0.2, 0.25) is 0 Å². The molecular weight excluding hydrogens is 294 g/mol. The van der Waals surface area contributed by atoms with Gasteiger partial charge in [0.1, 0.15) is 0 Å². The predicted octanol–water partition coefficient (Wildman–Crippen LogP) is 1.58. The first-order chi connectivity index (χ1) is 11.0. The van der Waals surface area contributed by atoms with Gasteiger partial charge >= 0.3 is 5.97 Å². The molecule has 0 aliphatic heterocycles. The van der Waals surface area contributed by atoms with Crippen LogP contribution in [0.2, 0.25) is 0 Å². The van der Waals surface area contributed by atoms with Crippen LogP contribution < -0.4 is 11.5 Å². The zero-order valence-corrected chi connectivity index (χ0v) is 13.0.